The normalized spacial score (nSPS) is 10.9. The molecule has 14 heavy (non-hydrogen) atoms. The highest BCUT2D eigenvalue weighted by Gasteiger charge is 2.05. The predicted octanol–water partition coefficient (Wildman–Crippen LogP) is 2.69. The number of nitrogens with one attached hydrogen (secondary N) is 1. The average molecular weight is 201 g/mol. The summed E-state index contributed by atoms with van der Waals surface area (Å²) in [6.07, 6.45) is 1.78. The number of fused-ring (bicyclic) bond motifs is 1. The minimum Gasteiger partial charge on any atom is -0.336 e. The van der Waals surface area contributed by atoms with Crippen LogP contribution in [0.25, 0.3) is 21.9 Å². The van der Waals surface area contributed by atoms with Crippen molar-refractivity contribution in [2.24, 2.45) is 0 Å². The molecule has 0 atom stereocenters. The molecule has 0 aliphatic heterocycles. The number of imidazole rings is 1. The van der Waals surface area contributed by atoms with Crippen LogP contribution in [0.1, 0.15) is 0 Å². The van der Waals surface area contributed by atoms with Gasteiger partial charge in [0.25, 0.3) is 0 Å². The third kappa shape index (κ3) is 1.12. The zero-order valence-electron chi connectivity index (χ0n) is 7.27. The first kappa shape index (κ1) is 7.70. The van der Waals surface area contributed by atoms with Gasteiger partial charge in [-0.05, 0) is 12.1 Å². The molecule has 0 amide bonds. The van der Waals surface area contributed by atoms with Gasteiger partial charge >= 0.3 is 0 Å². The van der Waals surface area contributed by atoms with Gasteiger partial charge in [0.1, 0.15) is 0 Å². The molecule has 4 heteroatoms. The molecule has 0 aliphatic carbocycles. The van der Waals surface area contributed by atoms with E-state index in [0.29, 0.717) is 0 Å². The number of para-hydroxylation sites is 2. The Balaban J connectivity index is 2.24. The van der Waals surface area contributed by atoms with Crippen LogP contribution < -0.4 is 0 Å². The van der Waals surface area contributed by atoms with Crippen LogP contribution >= 0.6 is 11.3 Å². The van der Waals surface area contributed by atoms with E-state index in [-0.39, 0.29) is 0 Å². The Bertz CT molecular complexity index is 521. The molecule has 0 bridgehead atoms. The molecule has 68 valence electrons. The van der Waals surface area contributed by atoms with Crippen molar-refractivity contribution in [2.45, 2.75) is 0 Å². The summed E-state index contributed by atoms with van der Waals surface area (Å²) < 4.78 is 0. The Morgan fingerprint density at radius 3 is 2.93 bits per heavy atom. The van der Waals surface area contributed by atoms with Crippen LogP contribution in [0, 0.1) is 0 Å². The maximum atomic E-state index is 4.45. The molecule has 0 spiro atoms. The molecule has 3 nitrogen and oxygen atoms in total. The van der Waals surface area contributed by atoms with E-state index < -0.39 is 0 Å². The van der Waals surface area contributed by atoms with E-state index in [2.05, 4.69) is 15.0 Å². The van der Waals surface area contributed by atoms with Gasteiger partial charge in [0.2, 0.25) is 0 Å². The summed E-state index contributed by atoms with van der Waals surface area (Å²) in [6, 6.07) is 7.98. The second-order valence-corrected chi connectivity index (χ2v) is 3.83. The van der Waals surface area contributed by atoms with Crippen LogP contribution in [-0.2, 0) is 0 Å². The third-order valence-electron chi connectivity index (χ3n) is 2.02. The van der Waals surface area contributed by atoms with E-state index in [1.54, 1.807) is 17.5 Å². The van der Waals surface area contributed by atoms with Gasteiger partial charge in [0.15, 0.2) is 10.8 Å². The first-order valence-electron chi connectivity index (χ1n) is 4.28. The van der Waals surface area contributed by atoms with Crippen molar-refractivity contribution in [1.29, 1.82) is 0 Å². The van der Waals surface area contributed by atoms with Gasteiger partial charge in [-0.1, -0.05) is 12.1 Å². The maximum Gasteiger partial charge on any atom is 0.167 e. The lowest BCUT2D eigenvalue weighted by molar-refractivity contribution is 1.29. The molecule has 3 aromatic rings. The number of hydrogen-bond acceptors (Lipinski definition) is 3. The summed E-state index contributed by atoms with van der Waals surface area (Å²) in [5, 5.41) is 2.88. The van der Waals surface area contributed by atoms with Crippen LogP contribution in [0.2, 0.25) is 0 Å². The van der Waals surface area contributed by atoms with Crippen molar-refractivity contribution >= 4 is 22.4 Å². The van der Waals surface area contributed by atoms with Gasteiger partial charge < -0.3 is 4.98 Å². The van der Waals surface area contributed by atoms with Crippen LogP contribution in [0.3, 0.4) is 0 Å². The first-order chi connectivity index (χ1) is 6.93. The van der Waals surface area contributed by atoms with Gasteiger partial charge in [0, 0.05) is 11.6 Å². The van der Waals surface area contributed by atoms with E-state index in [0.717, 1.165) is 21.9 Å². The highest BCUT2D eigenvalue weighted by molar-refractivity contribution is 7.13. The zero-order chi connectivity index (χ0) is 9.38. The summed E-state index contributed by atoms with van der Waals surface area (Å²) in [6.45, 7) is 0. The SMILES string of the molecule is c1ccc2[nH]c(-c3nccs3)nc2c1. The molecule has 1 N–H and O–H groups in total. The molecular formula is C10H7N3S. The van der Waals surface area contributed by atoms with Crippen molar-refractivity contribution in [1.82, 2.24) is 15.0 Å². The molecule has 0 saturated heterocycles. The van der Waals surface area contributed by atoms with Crippen molar-refractivity contribution in [2.75, 3.05) is 0 Å². The molecular weight excluding hydrogens is 194 g/mol. The summed E-state index contributed by atoms with van der Waals surface area (Å²) in [4.78, 5) is 11.9. The fourth-order valence-corrected chi connectivity index (χ4v) is 1.98. The molecule has 3 rings (SSSR count). The fourth-order valence-electron chi connectivity index (χ4n) is 1.39. The second-order valence-electron chi connectivity index (χ2n) is 2.94. The van der Waals surface area contributed by atoms with Crippen LogP contribution in [0.5, 0.6) is 0 Å². The molecule has 0 fully saturated rings. The van der Waals surface area contributed by atoms with Gasteiger partial charge in [0.05, 0.1) is 11.0 Å². The first-order valence-corrected chi connectivity index (χ1v) is 5.16. The topological polar surface area (TPSA) is 41.6 Å². The number of H-pyrrole nitrogens is 1. The lowest BCUT2D eigenvalue weighted by Crippen LogP contribution is -1.76. The van der Waals surface area contributed by atoms with Crippen LogP contribution in [0.4, 0.5) is 0 Å². The average Bonchev–Trinajstić information content (AvgIpc) is 2.86. The minimum absolute atomic E-state index is 0.848. The Kier molecular flexibility index (Phi) is 1.61. The van der Waals surface area contributed by atoms with Gasteiger partial charge in [-0.3, -0.25) is 0 Å². The lowest BCUT2D eigenvalue weighted by Gasteiger charge is -1.84. The fraction of sp³-hybridized carbons (Fsp3) is 0. The molecule has 0 saturated carbocycles. The standard InChI is InChI=1S/C10H7N3S/c1-2-4-8-7(3-1)12-9(13-8)10-11-5-6-14-10/h1-6H,(H,12,13). The maximum absolute atomic E-state index is 4.45. The van der Waals surface area contributed by atoms with Crippen molar-refractivity contribution in [3.05, 3.63) is 35.8 Å². The third-order valence-corrected chi connectivity index (χ3v) is 2.80. The Morgan fingerprint density at radius 2 is 2.14 bits per heavy atom. The Hall–Kier alpha value is -1.68. The molecule has 0 unspecified atom stereocenters. The minimum atomic E-state index is 0.848. The van der Waals surface area contributed by atoms with Gasteiger partial charge in [-0.15, -0.1) is 11.3 Å². The Labute approximate surface area is 84.5 Å². The number of thiazole rings is 1. The smallest absolute Gasteiger partial charge is 0.167 e. The molecule has 2 aromatic heterocycles. The van der Waals surface area contributed by atoms with E-state index >= 15 is 0 Å². The summed E-state index contributed by atoms with van der Waals surface area (Å²) in [7, 11) is 0. The highest BCUT2D eigenvalue weighted by Crippen LogP contribution is 2.21. The second kappa shape index (κ2) is 2.92. The van der Waals surface area contributed by atoms with Crippen LogP contribution in [0.15, 0.2) is 35.8 Å². The van der Waals surface area contributed by atoms with E-state index in [9.17, 15) is 0 Å². The lowest BCUT2D eigenvalue weighted by atomic mass is 10.3. The monoisotopic (exact) mass is 201 g/mol. The Morgan fingerprint density at radius 1 is 1.21 bits per heavy atom. The van der Waals surface area contributed by atoms with Crippen molar-refractivity contribution in [3.63, 3.8) is 0 Å². The van der Waals surface area contributed by atoms with Crippen molar-refractivity contribution < 1.29 is 0 Å². The summed E-state index contributed by atoms with van der Waals surface area (Å²) >= 11 is 1.59. The van der Waals surface area contributed by atoms with Gasteiger partial charge in [-0.2, -0.15) is 0 Å². The van der Waals surface area contributed by atoms with E-state index in [1.165, 1.54) is 0 Å². The quantitative estimate of drug-likeness (QED) is 0.657. The van der Waals surface area contributed by atoms with E-state index in [4.69, 9.17) is 0 Å². The van der Waals surface area contributed by atoms with Crippen LogP contribution in [-0.4, -0.2) is 15.0 Å². The predicted molar refractivity (Wildman–Crippen MR) is 57.2 cm³/mol. The number of nitrogens with zero attached hydrogens (tertiary/aromatic N) is 2. The molecule has 2 heterocycles. The summed E-state index contributed by atoms with van der Waals surface area (Å²) in [5.74, 6) is 0.848. The largest absolute Gasteiger partial charge is 0.336 e. The number of hydrogen-bond donors (Lipinski definition) is 1. The van der Waals surface area contributed by atoms with Gasteiger partial charge in [-0.25, -0.2) is 9.97 Å². The number of benzene rings is 1. The number of aromatic amines is 1. The van der Waals surface area contributed by atoms with Crippen molar-refractivity contribution in [3.8, 4) is 10.8 Å². The number of rotatable bonds is 1. The molecule has 0 radical (unpaired) electrons. The van der Waals surface area contributed by atoms with E-state index in [1.807, 2.05) is 29.6 Å². The molecule has 0 aliphatic rings. The number of aromatic nitrogens is 3. The zero-order valence-corrected chi connectivity index (χ0v) is 8.08. The highest BCUT2D eigenvalue weighted by atomic mass is 32.1. The molecule has 1 aromatic carbocycles. The summed E-state index contributed by atoms with van der Waals surface area (Å²) in [5.41, 5.74) is 2.04.